The molecule has 1 atom stereocenters. The van der Waals surface area contributed by atoms with Crippen LogP contribution in [-0.2, 0) is 4.79 Å². The van der Waals surface area contributed by atoms with Crippen molar-refractivity contribution in [3.8, 4) is 0 Å². The lowest BCUT2D eigenvalue weighted by Crippen LogP contribution is -2.27. The molecule has 4 rings (SSSR count). The summed E-state index contributed by atoms with van der Waals surface area (Å²) >= 11 is 7.43. The molecule has 1 saturated heterocycles. The van der Waals surface area contributed by atoms with Crippen LogP contribution in [0.3, 0.4) is 0 Å². The zero-order valence-corrected chi connectivity index (χ0v) is 17.2. The number of anilines is 3. The van der Waals surface area contributed by atoms with E-state index in [2.05, 4.69) is 10.6 Å². The molecule has 30 heavy (non-hydrogen) atoms. The SMILES string of the molecule is O=C(Nc1ccc(C2SCC(=O)N2c2ccc(F)cc2)cc1)Nc1cccc(Cl)c1. The molecule has 1 aliphatic heterocycles. The average molecular weight is 442 g/mol. The van der Waals surface area contributed by atoms with Crippen LogP contribution < -0.4 is 15.5 Å². The Balaban J connectivity index is 1.45. The summed E-state index contributed by atoms with van der Waals surface area (Å²) in [5.74, 6) is -0.0230. The second kappa shape index (κ2) is 8.77. The summed E-state index contributed by atoms with van der Waals surface area (Å²) in [6.45, 7) is 0. The van der Waals surface area contributed by atoms with Crippen molar-refractivity contribution >= 4 is 52.4 Å². The minimum atomic E-state index is -0.386. The number of urea groups is 1. The molecule has 1 aliphatic rings. The van der Waals surface area contributed by atoms with Crippen LogP contribution in [0.5, 0.6) is 0 Å². The van der Waals surface area contributed by atoms with Crippen LogP contribution in [0.25, 0.3) is 0 Å². The first-order valence-electron chi connectivity index (χ1n) is 9.12. The number of amides is 3. The smallest absolute Gasteiger partial charge is 0.308 e. The lowest BCUT2D eigenvalue weighted by molar-refractivity contribution is -0.115. The third-order valence-electron chi connectivity index (χ3n) is 4.51. The Bertz CT molecular complexity index is 1080. The van der Waals surface area contributed by atoms with Crippen molar-refractivity contribution in [2.24, 2.45) is 0 Å². The predicted molar refractivity (Wildman–Crippen MR) is 120 cm³/mol. The molecule has 5 nitrogen and oxygen atoms in total. The second-order valence-electron chi connectivity index (χ2n) is 6.62. The van der Waals surface area contributed by atoms with Crippen molar-refractivity contribution in [2.75, 3.05) is 21.3 Å². The van der Waals surface area contributed by atoms with Crippen LogP contribution in [0, 0.1) is 5.82 Å². The lowest BCUT2D eigenvalue weighted by atomic mass is 10.1. The molecule has 1 heterocycles. The maximum absolute atomic E-state index is 13.2. The first-order chi connectivity index (χ1) is 14.5. The van der Waals surface area contributed by atoms with Crippen molar-refractivity contribution in [3.63, 3.8) is 0 Å². The molecule has 2 N–H and O–H groups in total. The van der Waals surface area contributed by atoms with E-state index in [1.807, 2.05) is 12.1 Å². The number of rotatable bonds is 4. The largest absolute Gasteiger partial charge is 0.323 e. The van der Waals surface area contributed by atoms with Gasteiger partial charge in [0.05, 0.1) is 5.75 Å². The first kappa shape index (κ1) is 20.3. The Kier molecular flexibility index (Phi) is 5.92. The van der Waals surface area contributed by atoms with Crippen molar-refractivity contribution in [2.45, 2.75) is 5.37 Å². The minimum absolute atomic E-state index is 0.0280. The van der Waals surface area contributed by atoms with E-state index in [1.54, 1.807) is 53.4 Å². The molecular formula is C22H17ClFN3O2S. The first-order valence-corrected chi connectivity index (χ1v) is 10.5. The molecule has 0 bridgehead atoms. The van der Waals surface area contributed by atoms with Gasteiger partial charge in [-0.05, 0) is 60.2 Å². The summed E-state index contributed by atoms with van der Waals surface area (Å²) in [6.07, 6.45) is 0. The highest BCUT2D eigenvalue weighted by Crippen LogP contribution is 2.41. The minimum Gasteiger partial charge on any atom is -0.308 e. The predicted octanol–water partition coefficient (Wildman–Crippen LogP) is 5.90. The standard InChI is InChI=1S/C22H17ClFN3O2S/c23-15-2-1-3-18(12-15)26-22(29)25-17-8-4-14(5-9-17)21-27(20(28)13-30-21)19-10-6-16(24)7-11-19/h1-12,21H,13H2,(H2,25,26,29). The third kappa shape index (κ3) is 4.58. The summed E-state index contributed by atoms with van der Waals surface area (Å²) in [7, 11) is 0. The topological polar surface area (TPSA) is 61.4 Å². The molecule has 0 spiro atoms. The second-order valence-corrected chi connectivity index (χ2v) is 8.12. The van der Waals surface area contributed by atoms with Crippen LogP contribution in [0.2, 0.25) is 5.02 Å². The van der Waals surface area contributed by atoms with E-state index < -0.39 is 0 Å². The van der Waals surface area contributed by atoms with E-state index in [1.165, 1.54) is 23.9 Å². The van der Waals surface area contributed by atoms with Gasteiger partial charge in [-0.1, -0.05) is 29.8 Å². The number of hydrogen-bond donors (Lipinski definition) is 2. The van der Waals surface area contributed by atoms with Gasteiger partial charge in [0.2, 0.25) is 5.91 Å². The molecule has 0 radical (unpaired) electrons. The van der Waals surface area contributed by atoms with E-state index in [-0.39, 0.29) is 23.1 Å². The van der Waals surface area contributed by atoms with Gasteiger partial charge >= 0.3 is 6.03 Å². The highest BCUT2D eigenvalue weighted by atomic mass is 35.5. The maximum Gasteiger partial charge on any atom is 0.323 e. The fraction of sp³-hybridized carbons (Fsp3) is 0.0909. The number of nitrogens with zero attached hydrogens (tertiary/aromatic N) is 1. The molecule has 8 heteroatoms. The number of nitrogens with one attached hydrogen (secondary N) is 2. The molecular weight excluding hydrogens is 425 g/mol. The molecule has 3 aromatic carbocycles. The molecule has 1 unspecified atom stereocenters. The fourth-order valence-corrected chi connectivity index (χ4v) is 4.51. The van der Waals surface area contributed by atoms with E-state index in [0.717, 1.165) is 5.56 Å². The number of hydrogen-bond acceptors (Lipinski definition) is 3. The normalized spacial score (nSPS) is 15.9. The fourth-order valence-electron chi connectivity index (χ4n) is 3.14. The van der Waals surface area contributed by atoms with E-state index >= 15 is 0 Å². The van der Waals surface area contributed by atoms with Gasteiger partial charge in [0.1, 0.15) is 11.2 Å². The summed E-state index contributed by atoms with van der Waals surface area (Å²) in [6, 6.07) is 19.7. The molecule has 0 aromatic heterocycles. The Labute approximate surface area is 182 Å². The molecule has 0 saturated carbocycles. The summed E-state index contributed by atoms with van der Waals surface area (Å²) in [5, 5.41) is 5.80. The molecule has 0 aliphatic carbocycles. The average Bonchev–Trinajstić information content (AvgIpc) is 3.10. The Morgan fingerprint density at radius 2 is 1.70 bits per heavy atom. The Hall–Kier alpha value is -3.03. The number of carbonyl (C=O) groups excluding carboxylic acids is 2. The number of carbonyl (C=O) groups is 2. The van der Waals surface area contributed by atoms with Crippen molar-refractivity contribution in [1.82, 2.24) is 0 Å². The van der Waals surface area contributed by atoms with Crippen molar-refractivity contribution in [3.05, 3.63) is 89.2 Å². The highest BCUT2D eigenvalue weighted by Gasteiger charge is 2.34. The lowest BCUT2D eigenvalue weighted by Gasteiger charge is -2.24. The van der Waals surface area contributed by atoms with Crippen molar-refractivity contribution in [1.29, 1.82) is 0 Å². The van der Waals surface area contributed by atoms with E-state index in [9.17, 15) is 14.0 Å². The zero-order valence-electron chi connectivity index (χ0n) is 15.6. The van der Waals surface area contributed by atoms with Gasteiger partial charge < -0.3 is 10.6 Å². The molecule has 3 aromatic rings. The highest BCUT2D eigenvalue weighted by molar-refractivity contribution is 8.00. The Morgan fingerprint density at radius 1 is 1.00 bits per heavy atom. The van der Waals surface area contributed by atoms with Gasteiger partial charge in [0.25, 0.3) is 0 Å². The van der Waals surface area contributed by atoms with Crippen LogP contribution in [0.15, 0.2) is 72.8 Å². The van der Waals surface area contributed by atoms with Gasteiger partial charge in [-0.3, -0.25) is 9.69 Å². The number of thioether (sulfide) groups is 1. The summed E-state index contributed by atoms with van der Waals surface area (Å²) in [4.78, 5) is 26.2. The van der Waals surface area contributed by atoms with Gasteiger partial charge in [0, 0.05) is 22.1 Å². The third-order valence-corrected chi connectivity index (χ3v) is 5.96. The van der Waals surface area contributed by atoms with Gasteiger partial charge in [-0.25, -0.2) is 9.18 Å². The molecule has 3 amide bonds. The molecule has 152 valence electrons. The van der Waals surface area contributed by atoms with Crippen LogP contribution in [-0.4, -0.2) is 17.7 Å². The van der Waals surface area contributed by atoms with Gasteiger partial charge in [-0.2, -0.15) is 0 Å². The van der Waals surface area contributed by atoms with E-state index in [0.29, 0.717) is 27.8 Å². The zero-order chi connectivity index (χ0) is 21.1. The monoisotopic (exact) mass is 441 g/mol. The quantitative estimate of drug-likeness (QED) is 0.529. The Morgan fingerprint density at radius 3 is 2.40 bits per heavy atom. The van der Waals surface area contributed by atoms with E-state index in [4.69, 9.17) is 11.6 Å². The molecule has 1 fully saturated rings. The number of halogens is 2. The number of benzene rings is 3. The van der Waals surface area contributed by atoms with Crippen LogP contribution in [0.1, 0.15) is 10.9 Å². The summed E-state index contributed by atoms with van der Waals surface area (Å²) in [5.41, 5.74) is 2.77. The maximum atomic E-state index is 13.2. The summed E-state index contributed by atoms with van der Waals surface area (Å²) < 4.78 is 13.2. The van der Waals surface area contributed by atoms with Crippen LogP contribution in [0.4, 0.5) is 26.2 Å². The van der Waals surface area contributed by atoms with Crippen molar-refractivity contribution < 1.29 is 14.0 Å². The van der Waals surface area contributed by atoms with Crippen LogP contribution >= 0.6 is 23.4 Å². The van der Waals surface area contributed by atoms with Gasteiger partial charge in [0.15, 0.2) is 0 Å². The van der Waals surface area contributed by atoms with Gasteiger partial charge in [-0.15, -0.1) is 11.8 Å².